The molecule has 5 unspecified atom stereocenters. The van der Waals surface area contributed by atoms with Gasteiger partial charge in [-0.2, -0.15) is 0 Å². The van der Waals surface area contributed by atoms with Crippen molar-refractivity contribution in [3.63, 3.8) is 0 Å². The summed E-state index contributed by atoms with van der Waals surface area (Å²) in [6.07, 6.45) is 6.52. The van der Waals surface area contributed by atoms with Crippen molar-refractivity contribution in [3.05, 3.63) is 29.8 Å². The summed E-state index contributed by atoms with van der Waals surface area (Å²) in [4.78, 5) is 12.5. The number of carbonyl (C=O) groups excluding carboxylic acids is 1. The third-order valence-corrected chi connectivity index (χ3v) is 8.67. The molecule has 164 valence electrons. The smallest absolute Gasteiger partial charge is 0.407 e. The second-order valence-corrected chi connectivity index (χ2v) is 10.4. The second-order valence-electron chi connectivity index (χ2n) is 10.4. The molecular weight excluding hydrogens is 378 g/mol. The van der Waals surface area contributed by atoms with E-state index in [-0.39, 0.29) is 35.2 Å². The molecule has 1 saturated heterocycles. The predicted octanol–water partition coefficient (Wildman–Crippen LogP) is 5.25. The summed E-state index contributed by atoms with van der Waals surface area (Å²) < 4.78 is 19.0. The van der Waals surface area contributed by atoms with E-state index < -0.39 is 0 Å². The van der Waals surface area contributed by atoms with Gasteiger partial charge in [-0.1, -0.05) is 51.3 Å². The summed E-state index contributed by atoms with van der Waals surface area (Å²) in [6.45, 7) is 7.86. The number of hydrogen-bond acceptors (Lipinski definition) is 4. The highest BCUT2D eigenvalue weighted by Crippen LogP contribution is 2.63. The van der Waals surface area contributed by atoms with E-state index in [2.05, 4.69) is 44.3 Å². The molecule has 2 aliphatic carbocycles. The Bertz CT molecular complexity index is 806. The van der Waals surface area contributed by atoms with Crippen LogP contribution in [0.4, 0.5) is 4.79 Å². The number of amides is 1. The zero-order chi connectivity index (χ0) is 20.9. The number of rotatable bonds is 3. The summed E-state index contributed by atoms with van der Waals surface area (Å²) in [5.74, 6) is 1.88. The summed E-state index contributed by atoms with van der Waals surface area (Å²) in [5.41, 5.74) is 0.734. The maximum atomic E-state index is 12.5. The molecule has 6 atom stereocenters. The molecule has 1 aromatic rings. The van der Waals surface area contributed by atoms with Crippen molar-refractivity contribution >= 4 is 6.09 Å². The largest absolute Gasteiger partial charge is 0.487 e. The highest BCUT2D eigenvalue weighted by Gasteiger charge is 2.64. The summed E-state index contributed by atoms with van der Waals surface area (Å²) >= 11 is 0. The first-order chi connectivity index (χ1) is 14.4. The van der Waals surface area contributed by atoms with E-state index >= 15 is 0 Å². The fraction of sp³-hybridized carbons (Fsp3) is 0.720. The van der Waals surface area contributed by atoms with Crippen LogP contribution in [0, 0.1) is 23.2 Å². The van der Waals surface area contributed by atoms with E-state index in [1.165, 1.54) is 19.3 Å². The number of carbonyl (C=O) groups is 1. The van der Waals surface area contributed by atoms with E-state index in [0.717, 1.165) is 30.6 Å². The average Bonchev–Trinajstić information content (AvgIpc) is 2.73. The SMILES string of the molecule is CC1CC2(C)Oc3ccccc3C3OCC1(COC(=O)NC1CCCCC1)[C@H](C)C32. The van der Waals surface area contributed by atoms with Crippen molar-refractivity contribution in [1.82, 2.24) is 5.32 Å². The molecule has 0 radical (unpaired) electrons. The molecule has 2 aliphatic heterocycles. The number of hydrogen-bond donors (Lipinski definition) is 1. The zero-order valence-electron chi connectivity index (χ0n) is 18.5. The Morgan fingerprint density at radius 3 is 2.77 bits per heavy atom. The van der Waals surface area contributed by atoms with Crippen molar-refractivity contribution in [1.29, 1.82) is 0 Å². The molecule has 4 aliphatic rings. The Morgan fingerprint density at radius 2 is 1.97 bits per heavy atom. The highest BCUT2D eigenvalue weighted by molar-refractivity contribution is 5.67. The van der Waals surface area contributed by atoms with Crippen LogP contribution in [0.15, 0.2) is 24.3 Å². The minimum Gasteiger partial charge on any atom is -0.487 e. The molecule has 5 heteroatoms. The third kappa shape index (κ3) is 3.12. The summed E-state index contributed by atoms with van der Waals surface area (Å²) in [7, 11) is 0. The molecular formula is C25H35NO4. The number of nitrogens with one attached hydrogen (secondary N) is 1. The van der Waals surface area contributed by atoms with Crippen molar-refractivity contribution in [2.24, 2.45) is 23.2 Å². The second kappa shape index (κ2) is 7.44. The Balaban J connectivity index is 1.34. The van der Waals surface area contributed by atoms with Crippen LogP contribution in [-0.4, -0.2) is 30.9 Å². The first-order valence-corrected chi connectivity index (χ1v) is 11.8. The first kappa shape index (κ1) is 20.2. The van der Waals surface area contributed by atoms with Crippen molar-refractivity contribution in [3.8, 4) is 5.75 Å². The molecule has 2 heterocycles. The van der Waals surface area contributed by atoms with Gasteiger partial charge in [0.1, 0.15) is 18.0 Å². The van der Waals surface area contributed by atoms with Crippen LogP contribution in [0.25, 0.3) is 0 Å². The first-order valence-electron chi connectivity index (χ1n) is 11.8. The van der Waals surface area contributed by atoms with E-state index in [1.54, 1.807) is 0 Å². The van der Waals surface area contributed by atoms with Crippen LogP contribution >= 0.6 is 0 Å². The molecule has 1 N–H and O–H groups in total. The fourth-order valence-corrected chi connectivity index (χ4v) is 6.91. The molecule has 0 spiro atoms. The van der Waals surface area contributed by atoms with Crippen LogP contribution in [0.3, 0.4) is 0 Å². The van der Waals surface area contributed by atoms with E-state index in [1.807, 2.05) is 6.07 Å². The molecule has 5 nitrogen and oxygen atoms in total. The number of alkyl carbamates (subject to hydrolysis) is 1. The van der Waals surface area contributed by atoms with Gasteiger partial charge in [0, 0.05) is 22.9 Å². The minimum absolute atomic E-state index is 0.0478. The zero-order valence-corrected chi connectivity index (χ0v) is 18.5. The van der Waals surface area contributed by atoms with Crippen molar-refractivity contribution < 1.29 is 19.0 Å². The molecule has 1 aromatic carbocycles. The van der Waals surface area contributed by atoms with E-state index in [0.29, 0.717) is 25.0 Å². The highest BCUT2D eigenvalue weighted by atomic mass is 16.6. The van der Waals surface area contributed by atoms with Crippen LogP contribution in [0.5, 0.6) is 5.75 Å². The van der Waals surface area contributed by atoms with Crippen LogP contribution in [0.2, 0.25) is 0 Å². The maximum Gasteiger partial charge on any atom is 0.407 e. The van der Waals surface area contributed by atoms with Crippen LogP contribution in [-0.2, 0) is 9.47 Å². The number of fused-ring (bicyclic) bond motifs is 3. The van der Waals surface area contributed by atoms with Gasteiger partial charge >= 0.3 is 6.09 Å². The van der Waals surface area contributed by atoms with Crippen LogP contribution in [0.1, 0.15) is 71.0 Å². The quantitative estimate of drug-likeness (QED) is 0.736. The Morgan fingerprint density at radius 1 is 1.20 bits per heavy atom. The van der Waals surface area contributed by atoms with Gasteiger partial charge in [-0.25, -0.2) is 4.79 Å². The lowest BCUT2D eigenvalue weighted by Crippen LogP contribution is -2.66. The minimum atomic E-state index is -0.267. The van der Waals surface area contributed by atoms with Crippen molar-refractivity contribution in [2.45, 2.75) is 77.0 Å². The number of benzene rings is 1. The van der Waals surface area contributed by atoms with Crippen molar-refractivity contribution in [2.75, 3.05) is 13.2 Å². The average molecular weight is 414 g/mol. The summed E-state index contributed by atoms with van der Waals surface area (Å²) in [5, 5.41) is 3.09. The molecule has 0 aromatic heterocycles. The third-order valence-electron chi connectivity index (χ3n) is 8.67. The molecule has 30 heavy (non-hydrogen) atoms. The molecule has 1 amide bonds. The monoisotopic (exact) mass is 413 g/mol. The Labute approximate surface area is 179 Å². The lowest BCUT2D eigenvalue weighted by atomic mass is 9.50. The van der Waals surface area contributed by atoms with E-state index in [4.69, 9.17) is 14.2 Å². The van der Waals surface area contributed by atoms with Gasteiger partial charge in [-0.05, 0) is 44.1 Å². The molecule has 5 rings (SSSR count). The Hall–Kier alpha value is -1.75. The van der Waals surface area contributed by atoms with Gasteiger partial charge < -0.3 is 19.5 Å². The van der Waals surface area contributed by atoms with Gasteiger partial charge in [0.05, 0.1) is 12.7 Å². The maximum absolute atomic E-state index is 12.5. The standard InChI is InChI=1S/C25H35NO4/c1-16-13-24(3)21-17(2)25(16,15-29-23(27)26-18-9-5-4-6-10-18)14-28-22(21)19-11-7-8-12-20(19)30-24/h7-8,11-12,16-18,21-22H,4-6,9-10,13-15H2,1-3H3,(H,26,27)/t16?,17-,21?,22?,24?,25?/m1/s1. The van der Waals surface area contributed by atoms with E-state index in [9.17, 15) is 4.79 Å². The lowest BCUT2D eigenvalue weighted by molar-refractivity contribution is -0.259. The predicted molar refractivity (Wildman–Crippen MR) is 114 cm³/mol. The van der Waals surface area contributed by atoms with Gasteiger partial charge in [-0.3, -0.25) is 0 Å². The van der Waals surface area contributed by atoms with Gasteiger partial charge in [-0.15, -0.1) is 0 Å². The molecule has 2 bridgehead atoms. The van der Waals surface area contributed by atoms with Gasteiger partial charge in [0.25, 0.3) is 0 Å². The van der Waals surface area contributed by atoms with Gasteiger partial charge in [0.2, 0.25) is 0 Å². The normalized spacial score (nSPS) is 40.1. The molecule has 3 fully saturated rings. The molecule has 2 saturated carbocycles. The Kier molecular flexibility index (Phi) is 5.00. The topological polar surface area (TPSA) is 56.8 Å². The van der Waals surface area contributed by atoms with Crippen LogP contribution < -0.4 is 10.1 Å². The van der Waals surface area contributed by atoms with Gasteiger partial charge in [0.15, 0.2) is 0 Å². The summed E-state index contributed by atoms with van der Waals surface area (Å²) in [6, 6.07) is 8.55. The number of para-hydroxylation sites is 1. The fourth-order valence-electron chi connectivity index (χ4n) is 6.91. The lowest BCUT2D eigenvalue weighted by Gasteiger charge is -2.63. The number of ether oxygens (including phenoxy) is 3.